The van der Waals surface area contributed by atoms with E-state index in [-0.39, 0.29) is 18.6 Å². The molecule has 2 heterocycles. The molecule has 1 saturated heterocycles. The molecule has 0 aliphatic carbocycles. The molecule has 1 aromatic heterocycles. The second-order valence-electron chi connectivity index (χ2n) is 7.60. The molecule has 160 valence electrons. The van der Waals surface area contributed by atoms with Gasteiger partial charge in [0.15, 0.2) is 6.61 Å². The summed E-state index contributed by atoms with van der Waals surface area (Å²) in [6.07, 6.45) is 1.38. The van der Waals surface area contributed by atoms with Crippen LogP contribution in [0.1, 0.15) is 18.6 Å². The number of nitrogens with zero attached hydrogens (tertiary/aromatic N) is 1. The fourth-order valence-corrected chi connectivity index (χ4v) is 3.67. The zero-order valence-electron chi connectivity index (χ0n) is 17.5. The highest BCUT2D eigenvalue weighted by Gasteiger charge is 2.24. The molecule has 2 aromatic carbocycles. The molecular formula is C25H25NO5. The largest absolute Gasteiger partial charge is 0.490 e. The quantitative estimate of drug-likeness (QED) is 0.603. The van der Waals surface area contributed by atoms with E-state index in [9.17, 15) is 9.59 Å². The molecule has 0 N–H and O–H groups in total. The highest BCUT2D eigenvalue weighted by atomic mass is 16.5. The molecule has 1 fully saturated rings. The van der Waals surface area contributed by atoms with E-state index in [4.69, 9.17) is 13.9 Å². The Labute approximate surface area is 181 Å². The number of hydrogen-bond acceptors (Lipinski definition) is 5. The zero-order chi connectivity index (χ0) is 21.6. The monoisotopic (exact) mass is 419 g/mol. The van der Waals surface area contributed by atoms with E-state index < -0.39 is 5.63 Å². The van der Waals surface area contributed by atoms with Crippen LogP contribution < -0.4 is 15.1 Å². The number of carbonyl (C=O) groups is 1. The van der Waals surface area contributed by atoms with Crippen LogP contribution >= 0.6 is 0 Å². The van der Waals surface area contributed by atoms with Crippen LogP contribution in [0, 0.1) is 6.92 Å². The van der Waals surface area contributed by atoms with Gasteiger partial charge in [0.25, 0.3) is 5.91 Å². The number of carbonyl (C=O) groups excluding carboxylic acids is 1. The van der Waals surface area contributed by atoms with E-state index in [2.05, 4.69) is 12.1 Å². The molecule has 4 rings (SSSR count). The Morgan fingerprint density at radius 1 is 0.968 bits per heavy atom. The molecule has 6 heteroatoms. The highest BCUT2D eigenvalue weighted by Crippen LogP contribution is 2.22. The van der Waals surface area contributed by atoms with E-state index in [0.29, 0.717) is 43.2 Å². The third kappa shape index (κ3) is 5.54. The van der Waals surface area contributed by atoms with Crippen molar-refractivity contribution in [3.05, 3.63) is 82.9 Å². The van der Waals surface area contributed by atoms with Crippen LogP contribution in [0.25, 0.3) is 11.1 Å². The Balaban J connectivity index is 1.24. The average molecular weight is 419 g/mol. The summed E-state index contributed by atoms with van der Waals surface area (Å²) in [7, 11) is 0. The third-order valence-corrected chi connectivity index (χ3v) is 5.29. The summed E-state index contributed by atoms with van der Waals surface area (Å²) in [5.74, 6) is 1.66. The van der Waals surface area contributed by atoms with Crippen LogP contribution in [-0.4, -0.2) is 36.6 Å². The minimum absolute atomic E-state index is 0.00906. The summed E-state index contributed by atoms with van der Waals surface area (Å²) in [4.78, 5) is 25.8. The number of rotatable bonds is 6. The lowest BCUT2D eigenvalue weighted by atomic mass is 10.1. The lowest BCUT2D eigenvalue weighted by Gasteiger charge is -2.32. The fourth-order valence-electron chi connectivity index (χ4n) is 3.67. The second kappa shape index (κ2) is 9.51. The summed E-state index contributed by atoms with van der Waals surface area (Å²) < 4.78 is 16.5. The van der Waals surface area contributed by atoms with E-state index in [1.807, 2.05) is 42.5 Å². The number of likely N-dealkylation sites (tertiary alicyclic amines) is 1. The van der Waals surface area contributed by atoms with Gasteiger partial charge in [-0.15, -0.1) is 0 Å². The minimum atomic E-state index is -0.420. The van der Waals surface area contributed by atoms with Crippen LogP contribution in [0.2, 0.25) is 0 Å². The smallest absolute Gasteiger partial charge is 0.339 e. The Bertz CT molecular complexity index is 1070. The van der Waals surface area contributed by atoms with E-state index in [0.717, 1.165) is 11.1 Å². The third-order valence-electron chi connectivity index (χ3n) is 5.29. The molecule has 6 nitrogen and oxygen atoms in total. The van der Waals surface area contributed by atoms with Gasteiger partial charge in [-0.3, -0.25) is 4.79 Å². The molecule has 0 unspecified atom stereocenters. The van der Waals surface area contributed by atoms with Gasteiger partial charge in [-0.1, -0.05) is 42.5 Å². The minimum Gasteiger partial charge on any atom is -0.490 e. The first-order valence-corrected chi connectivity index (χ1v) is 10.4. The lowest BCUT2D eigenvalue weighted by Crippen LogP contribution is -2.43. The topological polar surface area (TPSA) is 69.0 Å². The number of piperidine rings is 1. The van der Waals surface area contributed by atoms with Gasteiger partial charge in [0.2, 0.25) is 0 Å². The first-order chi connectivity index (χ1) is 15.1. The first-order valence-electron chi connectivity index (χ1n) is 10.4. The van der Waals surface area contributed by atoms with Gasteiger partial charge in [-0.25, -0.2) is 4.79 Å². The van der Waals surface area contributed by atoms with Crippen LogP contribution in [0.5, 0.6) is 11.5 Å². The van der Waals surface area contributed by atoms with Crippen molar-refractivity contribution in [1.82, 2.24) is 4.90 Å². The number of ether oxygens (including phenoxy) is 2. The van der Waals surface area contributed by atoms with Crippen LogP contribution in [0.15, 0.2) is 75.9 Å². The molecule has 31 heavy (non-hydrogen) atoms. The Morgan fingerprint density at radius 2 is 1.65 bits per heavy atom. The Morgan fingerprint density at radius 3 is 2.32 bits per heavy atom. The van der Waals surface area contributed by atoms with E-state index >= 15 is 0 Å². The Kier molecular flexibility index (Phi) is 6.36. The standard InChI is InChI=1S/C25H25NO5/c1-18-15-23(16-25(28)30-18)31-22-11-13-26(14-12-22)24(27)17-29-21-9-7-20(8-10-21)19-5-3-2-4-6-19/h2-10,15-16,22H,11-14,17H2,1H3. The zero-order valence-corrected chi connectivity index (χ0v) is 17.5. The Hall–Kier alpha value is -3.54. The number of aryl methyl sites for hydroxylation is 1. The molecule has 0 saturated carbocycles. The maximum absolute atomic E-state index is 12.5. The summed E-state index contributed by atoms with van der Waals surface area (Å²) in [5.41, 5.74) is 1.83. The normalized spacial score (nSPS) is 14.3. The summed E-state index contributed by atoms with van der Waals surface area (Å²) in [6, 6.07) is 20.9. The van der Waals surface area contributed by atoms with Gasteiger partial charge in [0.1, 0.15) is 23.4 Å². The van der Waals surface area contributed by atoms with E-state index in [1.165, 1.54) is 6.07 Å². The van der Waals surface area contributed by atoms with Crippen LogP contribution in [0.4, 0.5) is 0 Å². The second-order valence-corrected chi connectivity index (χ2v) is 7.60. The molecule has 0 spiro atoms. The highest BCUT2D eigenvalue weighted by molar-refractivity contribution is 5.78. The number of amides is 1. The number of benzene rings is 2. The van der Waals surface area contributed by atoms with Gasteiger partial charge < -0.3 is 18.8 Å². The molecule has 0 bridgehead atoms. The van der Waals surface area contributed by atoms with Gasteiger partial charge in [-0.05, 0) is 30.2 Å². The van der Waals surface area contributed by atoms with Gasteiger partial charge in [0, 0.05) is 32.0 Å². The fraction of sp³-hybridized carbons (Fsp3) is 0.280. The van der Waals surface area contributed by atoms with Crippen molar-refractivity contribution in [2.45, 2.75) is 25.9 Å². The summed E-state index contributed by atoms with van der Waals surface area (Å²) >= 11 is 0. The molecule has 1 amide bonds. The van der Waals surface area contributed by atoms with Crippen molar-refractivity contribution in [2.24, 2.45) is 0 Å². The first kappa shape index (κ1) is 20.7. The molecule has 3 aromatic rings. The van der Waals surface area contributed by atoms with Gasteiger partial charge in [0.05, 0.1) is 6.07 Å². The SMILES string of the molecule is Cc1cc(OC2CCN(C(=O)COc3ccc(-c4ccccc4)cc3)CC2)cc(=O)o1. The van der Waals surface area contributed by atoms with Gasteiger partial charge >= 0.3 is 5.63 Å². The summed E-state index contributed by atoms with van der Waals surface area (Å²) in [6.45, 7) is 2.92. The maximum Gasteiger partial charge on any atom is 0.339 e. The van der Waals surface area contributed by atoms with Gasteiger partial charge in [-0.2, -0.15) is 0 Å². The van der Waals surface area contributed by atoms with Crippen molar-refractivity contribution < 1.29 is 18.7 Å². The summed E-state index contributed by atoms with van der Waals surface area (Å²) in [5, 5.41) is 0. The van der Waals surface area contributed by atoms with Crippen molar-refractivity contribution in [3.63, 3.8) is 0 Å². The van der Waals surface area contributed by atoms with Crippen molar-refractivity contribution in [1.29, 1.82) is 0 Å². The predicted molar refractivity (Wildman–Crippen MR) is 117 cm³/mol. The predicted octanol–water partition coefficient (Wildman–Crippen LogP) is 4.06. The lowest BCUT2D eigenvalue weighted by molar-refractivity contribution is -0.135. The van der Waals surface area contributed by atoms with Crippen molar-refractivity contribution in [2.75, 3.05) is 19.7 Å². The van der Waals surface area contributed by atoms with E-state index in [1.54, 1.807) is 17.9 Å². The van der Waals surface area contributed by atoms with Crippen LogP contribution in [-0.2, 0) is 4.79 Å². The van der Waals surface area contributed by atoms with Crippen LogP contribution in [0.3, 0.4) is 0 Å². The average Bonchev–Trinajstić information content (AvgIpc) is 2.78. The molecule has 0 atom stereocenters. The molecular weight excluding hydrogens is 394 g/mol. The maximum atomic E-state index is 12.5. The molecule has 0 radical (unpaired) electrons. The number of hydrogen-bond donors (Lipinski definition) is 0. The van der Waals surface area contributed by atoms with Crippen molar-refractivity contribution in [3.8, 4) is 22.6 Å². The molecule has 1 aliphatic rings. The van der Waals surface area contributed by atoms with Crippen molar-refractivity contribution >= 4 is 5.91 Å². The molecule has 1 aliphatic heterocycles.